The molecule has 0 spiro atoms. The largest absolute Gasteiger partial charge is 0.478 e. The SMILES string of the molecule is C=C1C(=O)OC2CC(C)C(/C=C/C(=O)Cc3ccc4c(c3)CC(=O)OC4C(=O)O)=CCC12. The van der Waals surface area contributed by atoms with Gasteiger partial charge in [0.25, 0.3) is 0 Å². The Morgan fingerprint density at radius 1 is 1.25 bits per heavy atom. The Labute approximate surface area is 185 Å². The summed E-state index contributed by atoms with van der Waals surface area (Å²) in [5.41, 5.74) is 3.26. The first kappa shape index (κ1) is 21.7. The van der Waals surface area contributed by atoms with E-state index in [-0.39, 0.29) is 42.5 Å². The van der Waals surface area contributed by atoms with Crippen molar-refractivity contribution in [2.75, 3.05) is 0 Å². The Morgan fingerprint density at radius 2 is 2.03 bits per heavy atom. The van der Waals surface area contributed by atoms with Crippen molar-refractivity contribution in [3.8, 4) is 0 Å². The molecule has 7 nitrogen and oxygen atoms in total. The molecule has 1 aromatic carbocycles. The van der Waals surface area contributed by atoms with Crippen molar-refractivity contribution in [2.45, 2.75) is 44.8 Å². The molecule has 1 N–H and O–H groups in total. The minimum Gasteiger partial charge on any atom is -0.478 e. The lowest BCUT2D eigenvalue weighted by Gasteiger charge is -2.22. The van der Waals surface area contributed by atoms with E-state index < -0.39 is 18.0 Å². The van der Waals surface area contributed by atoms with Crippen molar-refractivity contribution in [2.24, 2.45) is 11.8 Å². The third kappa shape index (κ3) is 4.28. The van der Waals surface area contributed by atoms with Gasteiger partial charge in [-0.15, -0.1) is 0 Å². The van der Waals surface area contributed by atoms with Crippen LogP contribution in [-0.2, 0) is 41.5 Å². The number of rotatable bonds is 5. The van der Waals surface area contributed by atoms with E-state index in [2.05, 4.69) is 6.58 Å². The number of esters is 2. The number of fused-ring (bicyclic) bond motifs is 2. The van der Waals surface area contributed by atoms with E-state index in [1.54, 1.807) is 18.2 Å². The zero-order chi connectivity index (χ0) is 23.0. The van der Waals surface area contributed by atoms with Crippen molar-refractivity contribution in [1.29, 1.82) is 0 Å². The van der Waals surface area contributed by atoms with Crippen LogP contribution < -0.4 is 0 Å². The number of carbonyl (C=O) groups excluding carboxylic acids is 3. The Morgan fingerprint density at radius 3 is 2.78 bits per heavy atom. The van der Waals surface area contributed by atoms with Gasteiger partial charge in [-0.2, -0.15) is 0 Å². The van der Waals surface area contributed by atoms with Crippen molar-refractivity contribution >= 4 is 23.7 Å². The quantitative estimate of drug-likeness (QED) is 0.558. The Bertz CT molecular complexity index is 1080. The fourth-order valence-electron chi connectivity index (χ4n) is 4.56. The maximum Gasteiger partial charge on any atom is 0.349 e. The molecule has 4 rings (SSSR count). The van der Waals surface area contributed by atoms with Gasteiger partial charge >= 0.3 is 17.9 Å². The number of benzene rings is 1. The average Bonchev–Trinajstić information content (AvgIpc) is 2.89. The van der Waals surface area contributed by atoms with Crippen LogP contribution in [0.2, 0.25) is 0 Å². The maximum absolute atomic E-state index is 12.6. The third-order valence-electron chi connectivity index (χ3n) is 6.32. The maximum atomic E-state index is 12.6. The summed E-state index contributed by atoms with van der Waals surface area (Å²) >= 11 is 0. The van der Waals surface area contributed by atoms with Crippen molar-refractivity contribution < 1.29 is 33.8 Å². The van der Waals surface area contributed by atoms with Crippen molar-refractivity contribution in [1.82, 2.24) is 0 Å². The zero-order valence-corrected chi connectivity index (χ0v) is 17.7. The van der Waals surface area contributed by atoms with Crippen molar-refractivity contribution in [3.63, 3.8) is 0 Å². The molecule has 1 aliphatic carbocycles. The van der Waals surface area contributed by atoms with Crippen LogP contribution in [0.25, 0.3) is 0 Å². The minimum absolute atomic E-state index is 0.0108. The predicted molar refractivity (Wildman–Crippen MR) is 113 cm³/mol. The Hall–Kier alpha value is -3.48. The van der Waals surface area contributed by atoms with Gasteiger partial charge in [-0.1, -0.05) is 43.9 Å². The molecule has 32 heavy (non-hydrogen) atoms. The van der Waals surface area contributed by atoms with Gasteiger partial charge in [-0.05, 0) is 41.5 Å². The zero-order valence-electron chi connectivity index (χ0n) is 17.7. The molecule has 4 atom stereocenters. The van der Waals surface area contributed by atoms with Gasteiger partial charge in [0, 0.05) is 23.5 Å². The van der Waals surface area contributed by atoms with E-state index in [0.29, 0.717) is 35.1 Å². The van der Waals surface area contributed by atoms with Crippen LogP contribution in [0, 0.1) is 11.8 Å². The number of cyclic esters (lactones) is 1. The third-order valence-corrected chi connectivity index (χ3v) is 6.32. The number of ketones is 1. The van der Waals surface area contributed by atoms with Gasteiger partial charge < -0.3 is 14.6 Å². The molecule has 4 unspecified atom stereocenters. The van der Waals surface area contributed by atoms with Crippen LogP contribution in [0.5, 0.6) is 0 Å². The highest BCUT2D eigenvalue weighted by Crippen LogP contribution is 2.38. The van der Waals surface area contributed by atoms with Gasteiger partial charge in [0.1, 0.15) is 6.10 Å². The summed E-state index contributed by atoms with van der Waals surface area (Å²) in [7, 11) is 0. The number of hydrogen-bond donors (Lipinski definition) is 1. The summed E-state index contributed by atoms with van der Waals surface area (Å²) in [6.45, 7) is 5.89. The number of carboxylic acid groups (broad SMARTS) is 1. The normalized spacial score (nSPS) is 27.2. The summed E-state index contributed by atoms with van der Waals surface area (Å²) in [5, 5.41) is 9.26. The van der Waals surface area contributed by atoms with E-state index in [4.69, 9.17) is 9.47 Å². The molecule has 0 saturated carbocycles. The summed E-state index contributed by atoms with van der Waals surface area (Å²) in [6.07, 6.45) is 5.38. The summed E-state index contributed by atoms with van der Waals surface area (Å²) in [6, 6.07) is 5.00. The number of aliphatic carboxylic acids is 1. The standard InChI is InChI=1S/C25H24O7/c1-13-9-21-19(14(2)25(30)31-21)8-5-16(13)4-6-18(26)11-15-3-7-20-17(10-15)12-22(27)32-23(20)24(28)29/h3-7,10,13,19,21,23H,2,8-9,11-12H2,1H3,(H,28,29)/b6-4+. The molecular formula is C25H24O7. The van der Waals surface area contributed by atoms with Crippen LogP contribution in [0.15, 0.2) is 54.2 Å². The molecular weight excluding hydrogens is 412 g/mol. The number of hydrogen-bond acceptors (Lipinski definition) is 6. The molecule has 7 heteroatoms. The fourth-order valence-corrected chi connectivity index (χ4v) is 4.56. The van der Waals surface area contributed by atoms with Gasteiger partial charge in [0.05, 0.1) is 6.42 Å². The first-order valence-electron chi connectivity index (χ1n) is 10.6. The molecule has 0 radical (unpaired) electrons. The first-order valence-corrected chi connectivity index (χ1v) is 10.6. The molecule has 1 fully saturated rings. The summed E-state index contributed by atoms with van der Waals surface area (Å²) < 4.78 is 10.3. The molecule has 1 aromatic rings. The minimum atomic E-state index is -1.31. The number of carboxylic acids is 1. The van der Waals surface area contributed by atoms with Gasteiger partial charge in [-0.25, -0.2) is 9.59 Å². The van der Waals surface area contributed by atoms with Gasteiger partial charge in [0.15, 0.2) is 5.78 Å². The van der Waals surface area contributed by atoms with Crippen LogP contribution in [0.3, 0.4) is 0 Å². The highest BCUT2D eigenvalue weighted by atomic mass is 16.6. The lowest BCUT2D eigenvalue weighted by atomic mass is 9.91. The second-order valence-electron chi connectivity index (χ2n) is 8.55. The molecule has 3 aliphatic rings. The number of allylic oxidation sites excluding steroid dienone is 4. The second-order valence-corrected chi connectivity index (χ2v) is 8.55. The monoisotopic (exact) mass is 436 g/mol. The summed E-state index contributed by atoms with van der Waals surface area (Å²) in [4.78, 5) is 47.3. The van der Waals surface area contributed by atoms with E-state index in [0.717, 1.165) is 5.57 Å². The number of carbonyl (C=O) groups is 4. The van der Waals surface area contributed by atoms with Gasteiger partial charge in [0.2, 0.25) is 6.10 Å². The van der Waals surface area contributed by atoms with E-state index in [1.807, 2.05) is 19.1 Å². The first-order chi connectivity index (χ1) is 15.2. The van der Waals surface area contributed by atoms with Crippen LogP contribution in [-0.4, -0.2) is 34.9 Å². The topological polar surface area (TPSA) is 107 Å². The number of ether oxygens (including phenoxy) is 2. The molecule has 1 saturated heterocycles. The second kappa shape index (κ2) is 8.57. The van der Waals surface area contributed by atoms with E-state index >= 15 is 0 Å². The lowest BCUT2D eigenvalue weighted by molar-refractivity contribution is -0.165. The van der Waals surface area contributed by atoms with Crippen LogP contribution in [0.1, 0.15) is 42.6 Å². The average molecular weight is 436 g/mol. The molecule has 2 heterocycles. The smallest absolute Gasteiger partial charge is 0.349 e. The molecule has 0 bridgehead atoms. The van der Waals surface area contributed by atoms with E-state index in [1.165, 1.54) is 6.08 Å². The van der Waals surface area contributed by atoms with Gasteiger partial charge in [-0.3, -0.25) is 9.59 Å². The molecule has 0 aromatic heterocycles. The highest BCUT2D eigenvalue weighted by molar-refractivity contribution is 5.92. The fraction of sp³-hybridized carbons (Fsp3) is 0.360. The Balaban J connectivity index is 1.44. The highest BCUT2D eigenvalue weighted by Gasteiger charge is 2.40. The summed E-state index contributed by atoms with van der Waals surface area (Å²) in [5.74, 6) is -2.12. The molecule has 2 aliphatic heterocycles. The molecule has 0 amide bonds. The molecule has 166 valence electrons. The lowest BCUT2D eigenvalue weighted by Crippen LogP contribution is -2.27. The van der Waals surface area contributed by atoms with E-state index in [9.17, 15) is 24.3 Å². The Kier molecular flexibility index (Phi) is 5.82. The van der Waals surface area contributed by atoms with Crippen molar-refractivity contribution in [3.05, 3.63) is 70.8 Å². The predicted octanol–water partition coefficient (Wildman–Crippen LogP) is 3.03. The van der Waals surface area contributed by atoms with Crippen LogP contribution >= 0.6 is 0 Å². The van der Waals surface area contributed by atoms with Crippen LogP contribution in [0.4, 0.5) is 0 Å².